The highest BCUT2D eigenvalue weighted by Gasteiger charge is 2.22. The second kappa shape index (κ2) is 5.31. The summed E-state index contributed by atoms with van der Waals surface area (Å²) in [4.78, 5) is 9.82. The van der Waals surface area contributed by atoms with Gasteiger partial charge in [0.25, 0.3) is 0 Å². The van der Waals surface area contributed by atoms with Gasteiger partial charge in [-0.3, -0.25) is 0 Å². The molecule has 0 amide bonds. The smallest absolute Gasteiger partial charge is 0.0931 e. The lowest BCUT2D eigenvalue weighted by Crippen LogP contribution is -2.23. The van der Waals surface area contributed by atoms with Crippen molar-refractivity contribution in [3.63, 3.8) is 0 Å². The van der Waals surface area contributed by atoms with Crippen LogP contribution in [0.15, 0.2) is 24.5 Å². The number of hydrogen-bond donors (Lipinski definition) is 2. The summed E-state index contributed by atoms with van der Waals surface area (Å²) in [6.07, 6.45) is 4.29. The van der Waals surface area contributed by atoms with E-state index in [9.17, 15) is 0 Å². The highest BCUT2D eigenvalue weighted by atomic mass is 15.1. The number of aromatic nitrogens is 2. The van der Waals surface area contributed by atoms with Crippen LogP contribution in [0.25, 0.3) is 11.0 Å². The standard InChI is InChI=1S/C15H22N4/c1-19(2)15(7-11-5-6-16-9-11)12-3-4-13-14(8-12)18-10-17-13/h3-4,8,10-11,15-16H,5-7,9H2,1-2H3,(H,17,18). The fourth-order valence-corrected chi connectivity index (χ4v) is 3.04. The van der Waals surface area contributed by atoms with Crippen molar-refractivity contribution in [1.29, 1.82) is 0 Å². The number of fused-ring (bicyclic) bond motifs is 1. The summed E-state index contributed by atoms with van der Waals surface area (Å²) in [5, 5.41) is 3.46. The van der Waals surface area contributed by atoms with E-state index in [1.54, 1.807) is 6.33 Å². The van der Waals surface area contributed by atoms with Crippen LogP contribution in [0.5, 0.6) is 0 Å². The van der Waals surface area contributed by atoms with E-state index >= 15 is 0 Å². The fraction of sp³-hybridized carbons (Fsp3) is 0.533. The zero-order chi connectivity index (χ0) is 13.2. The molecule has 0 saturated carbocycles. The highest BCUT2D eigenvalue weighted by molar-refractivity contribution is 5.75. The van der Waals surface area contributed by atoms with E-state index in [1.807, 2.05) is 0 Å². The van der Waals surface area contributed by atoms with Crippen LogP contribution in [-0.2, 0) is 0 Å². The van der Waals surface area contributed by atoms with Crippen LogP contribution >= 0.6 is 0 Å². The van der Waals surface area contributed by atoms with Crippen LogP contribution in [-0.4, -0.2) is 42.1 Å². The molecule has 102 valence electrons. The van der Waals surface area contributed by atoms with Crippen LogP contribution in [0, 0.1) is 5.92 Å². The molecule has 19 heavy (non-hydrogen) atoms. The lowest BCUT2D eigenvalue weighted by molar-refractivity contribution is 0.253. The van der Waals surface area contributed by atoms with Gasteiger partial charge in [0, 0.05) is 6.04 Å². The first-order valence-corrected chi connectivity index (χ1v) is 7.04. The van der Waals surface area contributed by atoms with Gasteiger partial charge in [-0.2, -0.15) is 0 Å². The average molecular weight is 258 g/mol. The summed E-state index contributed by atoms with van der Waals surface area (Å²) in [6, 6.07) is 7.06. The zero-order valence-electron chi connectivity index (χ0n) is 11.7. The van der Waals surface area contributed by atoms with Gasteiger partial charge in [0.05, 0.1) is 17.4 Å². The van der Waals surface area contributed by atoms with E-state index in [1.165, 1.54) is 24.9 Å². The third-order valence-corrected chi connectivity index (χ3v) is 4.17. The molecule has 0 spiro atoms. The molecular weight excluding hydrogens is 236 g/mol. The maximum absolute atomic E-state index is 4.29. The number of hydrogen-bond acceptors (Lipinski definition) is 3. The van der Waals surface area contributed by atoms with Crippen molar-refractivity contribution in [2.45, 2.75) is 18.9 Å². The molecule has 4 nitrogen and oxygen atoms in total. The van der Waals surface area contributed by atoms with E-state index in [4.69, 9.17) is 0 Å². The first-order valence-electron chi connectivity index (χ1n) is 7.04. The van der Waals surface area contributed by atoms with Crippen molar-refractivity contribution in [1.82, 2.24) is 20.2 Å². The lowest BCUT2D eigenvalue weighted by atomic mass is 9.93. The minimum atomic E-state index is 0.484. The predicted octanol–water partition coefficient (Wildman–Crippen LogP) is 2.17. The number of H-pyrrole nitrogens is 1. The summed E-state index contributed by atoms with van der Waals surface area (Å²) < 4.78 is 0. The first-order chi connectivity index (χ1) is 9.24. The van der Waals surface area contributed by atoms with Gasteiger partial charge >= 0.3 is 0 Å². The average Bonchev–Trinajstić information content (AvgIpc) is 3.05. The topological polar surface area (TPSA) is 44.0 Å². The predicted molar refractivity (Wildman–Crippen MR) is 78.1 cm³/mol. The number of imidazole rings is 1. The zero-order valence-corrected chi connectivity index (χ0v) is 11.7. The summed E-state index contributed by atoms with van der Waals surface area (Å²) in [5.74, 6) is 0.796. The van der Waals surface area contributed by atoms with E-state index < -0.39 is 0 Å². The molecule has 2 atom stereocenters. The number of benzene rings is 1. The molecule has 1 aliphatic rings. The van der Waals surface area contributed by atoms with Gasteiger partial charge in [0.15, 0.2) is 0 Å². The van der Waals surface area contributed by atoms with Crippen molar-refractivity contribution in [2.24, 2.45) is 5.92 Å². The number of nitrogens with one attached hydrogen (secondary N) is 2. The van der Waals surface area contributed by atoms with E-state index in [0.29, 0.717) is 6.04 Å². The molecule has 1 fully saturated rings. The van der Waals surface area contributed by atoms with Gasteiger partial charge in [-0.05, 0) is 63.6 Å². The highest BCUT2D eigenvalue weighted by Crippen LogP contribution is 2.29. The summed E-state index contributed by atoms with van der Waals surface area (Å²) in [5.41, 5.74) is 3.56. The Labute approximate surface area is 114 Å². The molecule has 0 aliphatic carbocycles. The molecule has 3 rings (SSSR count). The molecule has 2 aromatic rings. The number of rotatable bonds is 4. The van der Waals surface area contributed by atoms with Crippen molar-refractivity contribution in [3.8, 4) is 0 Å². The summed E-state index contributed by atoms with van der Waals surface area (Å²) in [6.45, 7) is 2.33. The minimum Gasteiger partial charge on any atom is -0.345 e. The first kappa shape index (κ1) is 12.6. The molecule has 1 aliphatic heterocycles. The molecule has 4 heteroatoms. The number of aromatic amines is 1. The Kier molecular flexibility index (Phi) is 3.53. The van der Waals surface area contributed by atoms with E-state index in [-0.39, 0.29) is 0 Å². The summed E-state index contributed by atoms with van der Waals surface area (Å²) in [7, 11) is 4.34. The molecule has 2 N–H and O–H groups in total. The Hall–Kier alpha value is -1.39. The normalized spacial score (nSPS) is 21.3. The second-order valence-corrected chi connectivity index (χ2v) is 5.75. The van der Waals surface area contributed by atoms with Crippen LogP contribution in [0.2, 0.25) is 0 Å². The molecule has 2 unspecified atom stereocenters. The minimum absolute atomic E-state index is 0.484. The van der Waals surface area contributed by atoms with E-state index in [0.717, 1.165) is 23.5 Å². The van der Waals surface area contributed by atoms with Crippen molar-refractivity contribution < 1.29 is 0 Å². The third-order valence-electron chi connectivity index (χ3n) is 4.17. The fourth-order valence-electron chi connectivity index (χ4n) is 3.04. The van der Waals surface area contributed by atoms with Crippen molar-refractivity contribution in [2.75, 3.05) is 27.2 Å². The summed E-state index contributed by atoms with van der Waals surface area (Å²) >= 11 is 0. The Bertz CT molecular complexity index is 540. The van der Waals surface area contributed by atoms with Gasteiger partial charge in [-0.25, -0.2) is 4.98 Å². The Balaban J connectivity index is 1.85. The van der Waals surface area contributed by atoms with Gasteiger partial charge in [0.2, 0.25) is 0 Å². The maximum atomic E-state index is 4.29. The Morgan fingerprint density at radius 1 is 1.42 bits per heavy atom. The lowest BCUT2D eigenvalue weighted by Gasteiger charge is -2.27. The molecule has 2 heterocycles. The van der Waals surface area contributed by atoms with Crippen LogP contribution in [0.4, 0.5) is 0 Å². The Morgan fingerprint density at radius 2 is 2.32 bits per heavy atom. The van der Waals surface area contributed by atoms with Gasteiger partial charge < -0.3 is 15.2 Å². The van der Waals surface area contributed by atoms with Crippen molar-refractivity contribution in [3.05, 3.63) is 30.1 Å². The second-order valence-electron chi connectivity index (χ2n) is 5.75. The molecule has 0 radical (unpaired) electrons. The molecule has 1 saturated heterocycles. The third kappa shape index (κ3) is 2.65. The van der Waals surface area contributed by atoms with Gasteiger partial charge in [-0.1, -0.05) is 6.07 Å². The SMILES string of the molecule is CN(C)C(CC1CCNC1)c1ccc2nc[nH]c2c1. The largest absolute Gasteiger partial charge is 0.345 e. The Morgan fingerprint density at radius 3 is 3.05 bits per heavy atom. The van der Waals surface area contributed by atoms with Crippen LogP contribution in [0.1, 0.15) is 24.4 Å². The van der Waals surface area contributed by atoms with Crippen molar-refractivity contribution >= 4 is 11.0 Å². The molecular formula is C15H22N4. The van der Waals surface area contributed by atoms with Crippen LogP contribution in [0.3, 0.4) is 0 Å². The monoisotopic (exact) mass is 258 g/mol. The van der Waals surface area contributed by atoms with Crippen LogP contribution < -0.4 is 5.32 Å². The number of nitrogens with zero attached hydrogens (tertiary/aromatic N) is 2. The van der Waals surface area contributed by atoms with Gasteiger partial charge in [-0.15, -0.1) is 0 Å². The molecule has 1 aromatic carbocycles. The van der Waals surface area contributed by atoms with Gasteiger partial charge in [0.1, 0.15) is 0 Å². The van der Waals surface area contributed by atoms with E-state index in [2.05, 4.69) is 52.5 Å². The maximum Gasteiger partial charge on any atom is 0.0931 e. The quantitative estimate of drug-likeness (QED) is 0.883. The molecule has 1 aromatic heterocycles. The molecule has 0 bridgehead atoms.